The van der Waals surface area contributed by atoms with E-state index in [0.29, 0.717) is 5.76 Å². The van der Waals surface area contributed by atoms with Gasteiger partial charge in [-0.2, -0.15) is 0 Å². The molecule has 0 fully saturated rings. The van der Waals surface area contributed by atoms with E-state index >= 15 is 0 Å². The maximum Gasteiger partial charge on any atom is 0.271 e. The van der Waals surface area contributed by atoms with E-state index in [1.54, 1.807) is 0 Å². The van der Waals surface area contributed by atoms with Crippen LogP contribution in [-0.4, -0.2) is 11.1 Å². The summed E-state index contributed by atoms with van der Waals surface area (Å²) in [5.74, 6) is 0.176. The van der Waals surface area contributed by atoms with Gasteiger partial charge in [0, 0.05) is 11.1 Å². The molecule has 4 heteroatoms. The number of carbonyl (C=O) groups excluding carboxylic acids is 1. The van der Waals surface area contributed by atoms with Crippen molar-refractivity contribution in [1.82, 2.24) is 5.16 Å². The fraction of sp³-hybridized carbons (Fsp3) is 0.231. The lowest BCUT2D eigenvalue weighted by Crippen LogP contribution is -2.15. The van der Waals surface area contributed by atoms with E-state index in [2.05, 4.69) is 23.4 Å². The van der Waals surface area contributed by atoms with Gasteiger partial charge in [-0.25, -0.2) is 0 Å². The Morgan fingerprint density at radius 2 is 2.24 bits per heavy atom. The molecule has 1 heterocycles. The molecule has 0 saturated heterocycles. The predicted octanol–water partition coefficient (Wildman–Crippen LogP) is 1.85. The number of nitrogens with zero attached hydrogens (tertiary/aromatic N) is 1. The van der Waals surface area contributed by atoms with Crippen molar-refractivity contribution in [1.29, 1.82) is 0 Å². The topological polar surface area (TPSA) is 69.1 Å². The summed E-state index contributed by atoms with van der Waals surface area (Å²) in [4.78, 5) is 11.2. The average Bonchev–Trinajstić information content (AvgIpc) is 2.72. The summed E-state index contributed by atoms with van der Waals surface area (Å²) in [5, 5.41) is 3.78. The number of rotatable bonds is 1. The van der Waals surface area contributed by atoms with Crippen molar-refractivity contribution in [3.63, 3.8) is 0 Å². The fourth-order valence-corrected chi connectivity index (χ4v) is 2.33. The Kier molecular flexibility index (Phi) is 2.04. The molecule has 0 bridgehead atoms. The Bertz CT molecular complexity index is 614. The normalized spacial score (nSPS) is 13.0. The molecule has 17 heavy (non-hydrogen) atoms. The standard InChI is InChI=1S/C13H12N2O2/c1-7-2-3-8-4-5-9-11(13(14)16)15-17-12(9)10(8)6-7/h2-3,6H,4-5H2,1H3,(H2,14,16). The number of carbonyl (C=O) groups is 1. The molecular weight excluding hydrogens is 216 g/mol. The smallest absolute Gasteiger partial charge is 0.271 e. The molecule has 1 aliphatic carbocycles. The number of hydrogen-bond donors (Lipinski definition) is 1. The lowest BCUT2D eigenvalue weighted by molar-refractivity contribution is 0.0991. The summed E-state index contributed by atoms with van der Waals surface area (Å²) in [6.07, 6.45) is 1.65. The van der Waals surface area contributed by atoms with Crippen molar-refractivity contribution >= 4 is 5.91 Å². The molecule has 0 saturated carbocycles. The van der Waals surface area contributed by atoms with Crippen LogP contribution in [0.5, 0.6) is 0 Å². The molecule has 2 aromatic rings. The summed E-state index contributed by atoms with van der Waals surface area (Å²) >= 11 is 0. The number of aromatic nitrogens is 1. The third-order valence-corrected chi connectivity index (χ3v) is 3.18. The van der Waals surface area contributed by atoms with Gasteiger partial charge in [-0.3, -0.25) is 4.79 Å². The predicted molar refractivity (Wildman–Crippen MR) is 62.6 cm³/mol. The zero-order valence-corrected chi connectivity index (χ0v) is 9.49. The van der Waals surface area contributed by atoms with Crippen molar-refractivity contribution in [2.75, 3.05) is 0 Å². The lowest BCUT2D eigenvalue weighted by atomic mass is 9.88. The van der Waals surface area contributed by atoms with Gasteiger partial charge in [0.15, 0.2) is 11.5 Å². The van der Waals surface area contributed by atoms with Crippen LogP contribution < -0.4 is 5.73 Å². The summed E-state index contributed by atoms with van der Waals surface area (Å²) < 4.78 is 5.28. The molecule has 1 aromatic carbocycles. The van der Waals surface area contributed by atoms with Crippen LogP contribution in [-0.2, 0) is 12.8 Å². The molecule has 0 unspecified atom stereocenters. The molecule has 1 aromatic heterocycles. The molecule has 0 spiro atoms. The molecule has 0 radical (unpaired) electrons. The minimum Gasteiger partial charge on any atom is -0.364 e. The minimum atomic E-state index is -0.522. The van der Waals surface area contributed by atoms with Crippen molar-refractivity contribution in [3.05, 3.63) is 40.6 Å². The molecule has 0 atom stereocenters. The summed E-state index contributed by atoms with van der Waals surface area (Å²) in [6.45, 7) is 2.03. The zero-order chi connectivity index (χ0) is 12.0. The number of hydrogen-bond acceptors (Lipinski definition) is 3. The van der Waals surface area contributed by atoms with Crippen LogP contribution in [0.2, 0.25) is 0 Å². The average molecular weight is 228 g/mol. The van der Waals surface area contributed by atoms with E-state index < -0.39 is 5.91 Å². The van der Waals surface area contributed by atoms with E-state index in [4.69, 9.17) is 10.3 Å². The van der Waals surface area contributed by atoms with Gasteiger partial charge >= 0.3 is 0 Å². The Hall–Kier alpha value is -2.10. The summed E-state index contributed by atoms with van der Waals surface area (Å²) in [6, 6.07) is 6.23. The Morgan fingerprint density at radius 1 is 1.41 bits per heavy atom. The highest BCUT2D eigenvalue weighted by Crippen LogP contribution is 2.35. The van der Waals surface area contributed by atoms with Crippen LogP contribution in [0.15, 0.2) is 22.7 Å². The van der Waals surface area contributed by atoms with Gasteiger partial charge in [0.1, 0.15) is 0 Å². The first kappa shape index (κ1) is 10.1. The number of amides is 1. The first-order valence-electron chi connectivity index (χ1n) is 5.55. The van der Waals surface area contributed by atoms with E-state index in [0.717, 1.165) is 29.5 Å². The van der Waals surface area contributed by atoms with Gasteiger partial charge in [0.2, 0.25) is 0 Å². The third kappa shape index (κ3) is 1.45. The first-order valence-corrected chi connectivity index (χ1v) is 5.55. The molecule has 1 aliphatic rings. The molecule has 0 aliphatic heterocycles. The van der Waals surface area contributed by atoms with Crippen molar-refractivity contribution in [2.24, 2.45) is 5.73 Å². The number of aryl methyl sites for hydroxylation is 2. The second kappa shape index (κ2) is 3.45. The monoisotopic (exact) mass is 228 g/mol. The third-order valence-electron chi connectivity index (χ3n) is 3.18. The van der Waals surface area contributed by atoms with Gasteiger partial charge < -0.3 is 10.3 Å². The van der Waals surface area contributed by atoms with Gasteiger partial charge in [-0.05, 0) is 31.4 Å². The summed E-state index contributed by atoms with van der Waals surface area (Å²) in [7, 11) is 0. The number of nitrogens with two attached hydrogens (primary N) is 1. The molecule has 4 nitrogen and oxygen atoms in total. The van der Waals surface area contributed by atoms with Crippen molar-refractivity contribution in [3.8, 4) is 11.3 Å². The maximum atomic E-state index is 11.2. The highest BCUT2D eigenvalue weighted by atomic mass is 16.5. The van der Waals surface area contributed by atoms with Crippen LogP contribution in [0.3, 0.4) is 0 Å². The largest absolute Gasteiger partial charge is 0.364 e. The first-order chi connectivity index (χ1) is 8.16. The molecule has 86 valence electrons. The van der Waals surface area contributed by atoms with Crippen LogP contribution in [0.25, 0.3) is 11.3 Å². The fourth-order valence-electron chi connectivity index (χ4n) is 2.33. The van der Waals surface area contributed by atoms with E-state index in [1.807, 2.05) is 6.92 Å². The highest BCUT2D eigenvalue weighted by molar-refractivity contribution is 5.94. The molecular formula is C13H12N2O2. The van der Waals surface area contributed by atoms with Crippen LogP contribution in [0.4, 0.5) is 0 Å². The van der Waals surface area contributed by atoms with Crippen molar-refractivity contribution in [2.45, 2.75) is 19.8 Å². The van der Waals surface area contributed by atoms with Crippen LogP contribution in [0, 0.1) is 6.92 Å². The summed E-state index contributed by atoms with van der Waals surface area (Å²) in [5.41, 5.74) is 9.81. The molecule has 3 rings (SSSR count). The Balaban J connectivity index is 2.23. The SMILES string of the molecule is Cc1ccc2c(c1)-c1onc(C(N)=O)c1CC2. The van der Waals surface area contributed by atoms with Gasteiger partial charge in [-0.15, -0.1) is 0 Å². The van der Waals surface area contributed by atoms with Crippen LogP contribution >= 0.6 is 0 Å². The lowest BCUT2D eigenvalue weighted by Gasteiger charge is -2.14. The number of benzene rings is 1. The molecule has 1 amide bonds. The van der Waals surface area contributed by atoms with Gasteiger partial charge in [-0.1, -0.05) is 22.9 Å². The Labute approximate surface area is 98.4 Å². The quantitative estimate of drug-likeness (QED) is 0.809. The zero-order valence-electron chi connectivity index (χ0n) is 9.49. The van der Waals surface area contributed by atoms with E-state index in [-0.39, 0.29) is 5.69 Å². The van der Waals surface area contributed by atoms with Gasteiger partial charge in [0.25, 0.3) is 5.91 Å². The highest BCUT2D eigenvalue weighted by Gasteiger charge is 2.26. The number of fused-ring (bicyclic) bond motifs is 3. The maximum absolute atomic E-state index is 11.2. The van der Waals surface area contributed by atoms with Crippen LogP contribution in [0.1, 0.15) is 27.2 Å². The van der Waals surface area contributed by atoms with Gasteiger partial charge in [0.05, 0.1) is 0 Å². The Morgan fingerprint density at radius 3 is 3.00 bits per heavy atom. The second-order valence-electron chi connectivity index (χ2n) is 4.36. The molecule has 2 N–H and O–H groups in total. The van der Waals surface area contributed by atoms with E-state index in [9.17, 15) is 4.79 Å². The second-order valence-corrected chi connectivity index (χ2v) is 4.36. The van der Waals surface area contributed by atoms with Crippen molar-refractivity contribution < 1.29 is 9.32 Å². The minimum absolute atomic E-state index is 0.271. The van der Waals surface area contributed by atoms with E-state index in [1.165, 1.54) is 5.56 Å². The number of primary amides is 1.